The van der Waals surface area contributed by atoms with Crippen molar-refractivity contribution in [3.05, 3.63) is 58.4 Å². The molecule has 0 aromatic carbocycles. The van der Waals surface area contributed by atoms with E-state index in [2.05, 4.69) is 24.4 Å². The van der Waals surface area contributed by atoms with E-state index in [1.807, 2.05) is 66.7 Å². The van der Waals surface area contributed by atoms with E-state index in [0.29, 0.717) is 6.42 Å². The molecule has 1 saturated carbocycles. The molecule has 6 rings (SSSR count). The maximum absolute atomic E-state index is 15.0. The van der Waals surface area contributed by atoms with Crippen molar-refractivity contribution in [3.63, 3.8) is 0 Å². The van der Waals surface area contributed by atoms with Crippen molar-refractivity contribution in [1.82, 2.24) is 5.32 Å². The third-order valence-corrected chi connectivity index (χ3v) is 13.8. The number of Topliss-reactive ketones (excluding diaryl/α,β-unsaturated/α-hetero) is 1. The lowest BCUT2D eigenvalue weighted by Crippen LogP contribution is -2.66. The molecule has 12 heteroatoms. The second kappa shape index (κ2) is 14.7. The van der Waals surface area contributed by atoms with Crippen LogP contribution in [0, 0.1) is 46.8 Å². The fourth-order valence-electron chi connectivity index (χ4n) is 11.0. The first-order chi connectivity index (χ1) is 25.3. The predicted molar refractivity (Wildman–Crippen MR) is 200 cm³/mol. The van der Waals surface area contributed by atoms with Gasteiger partial charge in [0.05, 0.1) is 38.1 Å². The molecule has 4 aliphatic carbocycles. The Labute approximate surface area is 318 Å². The van der Waals surface area contributed by atoms with Crippen LogP contribution in [0.2, 0.25) is 0 Å². The van der Waals surface area contributed by atoms with Crippen LogP contribution in [0.15, 0.2) is 58.4 Å². The lowest BCUT2D eigenvalue weighted by molar-refractivity contribution is -0.224. The van der Waals surface area contributed by atoms with Gasteiger partial charge in [-0.2, -0.15) is 0 Å². The number of methoxy groups -OCH3 is 1. The van der Waals surface area contributed by atoms with Crippen LogP contribution in [-0.4, -0.2) is 88.7 Å². The molecule has 54 heavy (non-hydrogen) atoms. The fraction of sp³-hybridized carbons (Fsp3) is 0.690. The molecule has 2 heterocycles. The lowest BCUT2D eigenvalue weighted by Gasteiger charge is -2.55. The largest absolute Gasteiger partial charge is 0.511 e. The number of aliphatic hydroxyl groups excluding tert-OH is 3. The molecule has 2 saturated heterocycles. The summed E-state index contributed by atoms with van der Waals surface area (Å²) in [4.78, 5) is 41.2. The van der Waals surface area contributed by atoms with Crippen LogP contribution >= 0.6 is 0 Å². The smallest absolute Gasteiger partial charge is 0.407 e. The van der Waals surface area contributed by atoms with Crippen molar-refractivity contribution in [3.8, 4) is 0 Å². The SMILES string of the molecule is COC(=O)N[C@@H]1[C@H](C)O[C@@H](OC2C/C=C(\C)[C@H]3C=C[C@H]4[C@H](O)[C@H](C)C[C@@H](C)[C@@H]4[C@@]3(C)/C(O)=C3/C(=O)OC4(C[C@H](C)C(CO)=C[C@H]4/C=C\2C)C3=O)C[C@@]1(C)N. The molecule has 15 atom stereocenters. The van der Waals surface area contributed by atoms with Gasteiger partial charge in [0.15, 0.2) is 11.9 Å². The molecule has 12 nitrogen and oxygen atoms in total. The number of carbonyl (C=O) groups excluding carboxylic acids is 3. The number of alkyl carbamates (subject to hydrolysis) is 1. The van der Waals surface area contributed by atoms with E-state index < -0.39 is 76.9 Å². The first-order valence-electron chi connectivity index (χ1n) is 19.5. The van der Waals surface area contributed by atoms with Crippen LogP contribution in [0.3, 0.4) is 0 Å². The molecule has 2 aliphatic heterocycles. The molecule has 2 unspecified atom stereocenters. The summed E-state index contributed by atoms with van der Waals surface area (Å²) >= 11 is 0. The zero-order valence-corrected chi connectivity index (χ0v) is 33.1. The van der Waals surface area contributed by atoms with Crippen LogP contribution in [-0.2, 0) is 28.5 Å². The van der Waals surface area contributed by atoms with Gasteiger partial charge in [-0.15, -0.1) is 0 Å². The Kier molecular flexibility index (Phi) is 11.0. The summed E-state index contributed by atoms with van der Waals surface area (Å²) in [6, 6.07) is -0.546. The average Bonchev–Trinajstić information content (AvgIpc) is 3.34. The van der Waals surface area contributed by atoms with E-state index >= 15 is 0 Å². The fourth-order valence-corrected chi connectivity index (χ4v) is 11.0. The number of rotatable bonds is 4. The molecular weight excluding hydrogens is 692 g/mol. The molecule has 0 aromatic rings. The second-order valence-electron chi connectivity index (χ2n) is 17.6. The van der Waals surface area contributed by atoms with Gasteiger partial charge in [0.1, 0.15) is 11.3 Å². The van der Waals surface area contributed by atoms with Gasteiger partial charge in [-0.25, -0.2) is 9.59 Å². The molecule has 6 aliphatic rings. The molecule has 6 N–H and O–H groups in total. The number of aliphatic hydroxyl groups is 3. The summed E-state index contributed by atoms with van der Waals surface area (Å²) in [6.07, 6.45) is 8.18. The normalized spacial score (nSPS) is 48.5. The number of amides is 1. The standard InChI is InChI=1S/C42H60N2O10/c1-20-10-13-30(53-31-18-40(7,43)35(25(6)52-31)44-39(50)51-9)21(2)15-27-16-26(19-45)24(5)17-42(27)37(48)32(38(49)54-42)36(47)41(8)29(20)12-11-28-33(41)22(3)14-23(4)34(28)46/h10-12,15-16,22-25,27-31,33-35,45-47H,13-14,17-19,43H2,1-9H3,(H,44,50)/b20-10+,21-15-,36-32-/t22-,23-,24+,25+,27-,28-,29-,30?,31+,33+,34-,35-,40-,41+,42?/m1/s1. The monoisotopic (exact) mass is 752 g/mol. The maximum atomic E-state index is 15.0. The van der Waals surface area contributed by atoms with E-state index in [9.17, 15) is 29.7 Å². The van der Waals surface area contributed by atoms with Crippen LogP contribution in [0.1, 0.15) is 81.1 Å². The summed E-state index contributed by atoms with van der Waals surface area (Å²) in [6.45, 7) is 15.3. The van der Waals surface area contributed by atoms with Gasteiger partial charge in [-0.05, 0) is 75.4 Å². The van der Waals surface area contributed by atoms with Gasteiger partial charge in [0.25, 0.3) is 0 Å². The van der Waals surface area contributed by atoms with Crippen molar-refractivity contribution in [2.75, 3.05) is 13.7 Å². The summed E-state index contributed by atoms with van der Waals surface area (Å²) in [5.74, 6) is -3.73. The highest BCUT2D eigenvalue weighted by Crippen LogP contribution is 2.60. The Balaban J connectivity index is 1.49. The lowest BCUT2D eigenvalue weighted by atomic mass is 9.49. The number of hydrogen-bond acceptors (Lipinski definition) is 11. The van der Waals surface area contributed by atoms with E-state index in [4.69, 9.17) is 24.7 Å². The van der Waals surface area contributed by atoms with Gasteiger partial charge in [0.2, 0.25) is 5.78 Å². The zero-order valence-electron chi connectivity index (χ0n) is 33.1. The van der Waals surface area contributed by atoms with Crippen molar-refractivity contribution in [2.24, 2.45) is 52.6 Å². The van der Waals surface area contributed by atoms with Crippen LogP contribution in [0.25, 0.3) is 0 Å². The van der Waals surface area contributed by atoms with Gasteiger partial charge in [-0.1, -0.05) is 63.6 Å². The zero-order chi connectivity index (χ0) is 39.7. The Hall–Kier alpha value is -3.29. The number of carbonyl (C=O) groups is 3. The molecule has 3 fully saturated rings. The summed E-state index contributed by atoms with van der Waals surface area (Å²) in [5, 5.41) is 37.2. The topological polar surface area (TPSA) is 187 Å². The Bertz CT molecular complexity index is 1690. The Morgan fingerprint density at radius 2 is 1.76 bits per heavy atom. The number of allylic oxidation sites excluding steroid dienone is 3. The van der Waals surface area contributed by atoms with Crippen LogP contribution in [0.5, 0.6) is 0 Å². The van der Waals surface area contributed by atoms with Crippen molar-refractivity contribution in [2.45, 2.75) is 123 Å². The minimum Gasteiger partial charge on any atom is -0.511 e. The maximum Gasteiger partial charge on any atom is 0.407 e. The van der Waals surface area contributed by atoms with Crippen molar-refractivity contribution >= 4 is 17.8 Å². The quantitative estimate of drug-likeness (QED) is 0.149. The molecule has 0 aromatic heterocycles. The number of fused-ring (bicyclic) bond motifs is 4. The highest BCUT2D eigenvalue weighted by molar-refractivity contribution is 6.26. The summed E-state index contributed by atoms with van der Waals surface area (Å²) < 4.78 is 24.1. The van der Waals surface area contributed by atoms with E-state index in [-0.39, 0.29) is 60.4 Å². The van der Waals surface area contributed by atoms with Gasteiger partial charge < -0.3 is 45.3 Å². The summed E-state index contributed by atoms with van der Waals surface area (Å²) in [7, 11) is 1.29. The molecule has 1 amide bonds. The number of ketones is 1. The number of nitrogens with one attached hydrogen (secondary N) is 1. The minimum absolute atomic E-state index is 0.0316. The van der Waals surface area contributed by atoms with Crippen molar-refractivity contribution in [1.29, 1.82) is 0 Å². The highest BCUT2D eigenvalue weighted by Gasteiger charge is 2.63. The Morgan fingerprint density at radius 1 is 1.06 bits per heavy atom. The molecule has 1 spiro atoms. The third kappa shape index (κ3) is 6.59. The molecular formula is C42H60N2O10. The first kappa shape index (κ1) is 40.4. The predicted octanol–water partition coefficient (Wildman–Crippen LogP) is 4.96. The number of hydrogen-bond donors (Lipinski definition) is 5. The minimum atomic E-state index is -1.65. The molecule has 0 radical (unpaired) electrons. The van der Waals surface area contributed by atoms with Crippen LogP contribution in [0.4, 0.5) is 4.79 Å². The first-order valence-corrected chi connectivity index (χ1v) is 19.5. The number of ether oxygens (including phenoxy) is 4. The van der Waals surface area contributed by atoms with Crippen LogP contribution < -0.4 is 11.1 Å². The van der Waals surface area contributed by atoms with E-state index in [1.165, 1.54) is 7.11 Å². The van der Waals surface area contributed by atoms with E-state index in [0.717, 1.165) is 23.1 Å². The molecule has 2 bridgehead atoms. The highest BCUT2D eigenvalue weighted by atomic mass is 16.7. The van der Waals surface area contributed by atoms with Gasteiger partial charge in [-0.3, -0.25) is 4.79 Å². The Morgan fingerprint density at radius 3 is 2.41 bits per heavy atom. The number of nitrogens with two attached hydrogens (primary N) is 1. The van der Waals surface area contributed by atoms with E-state index in [1.54, 1.807) is 0 Å². The van der Waals surface area contributed by atoms with Gasteiger partial charge >= 0.3 is 12.1 Å². The number of esters is 1. The second-order valence-corrected chi connectivity index (χ2v) is 17.6. The van der Waals surface area contributed by atoms with Gasteiger partial charge in [0, 0.05) is 41.5 Å². The third-order valence-electron chi connectivity index (χ3n) is 13.8. The average molecular weight is 753 g/mol. The van der Waals surface area contributed by atoms with Crippen molar-refractivity contribution < 1.29 is 48.7 Å². The molecule has 298 valence electrons. The summed E-state index contributed by atoms with van der Waals surface area (Å²) in [5.41, 5.74) is 5.12.